The van der Waals surface area contributed by atoms with Gasteiger partial charge >= 0.3 is 0 Å². The number of hydrogen-bond donors (Lipinski definition) is 3. The van der Waals surface area contributed by atoms with Crippen LogP contribution >= 0.6 is 24.0 Å². The van der Waals surface area contributed by atoms with Crippen LogP contribution in [0.2, 0.25) is 0 Å². The molecule has 3 N–H and O–H groups in total. The fourth-order valence-corrected chi connectivity index (χ4v) is 4.08. The standard InChI is InChI=1S/C23H40N4O2.HI/c1-5-23(6-2,13-15-28)18-26-22(24-7-3)25-16-19-12-14-27(17-19)20-10-8-9-11-21(20)29-4;/h8-11,19,28H,5-7,12-18H2,1-4H3,(H2,24,25,26);1H. The number of aliphatic hydroxyl groups excluding tert-OH is 1. The average Bonchev–Trinajstić information content (AvgIpc) is 3.23. The highest BCUT2D eigenvalue weighted by molar-refractivity contribution is 14.0. The Balaban J connectivity index is 0.00000450. The lowest BCUT2D eigenvalue weighted by atomic mass is 9.79. The maximum absolute atomic E-state index is 9.44. The third kappa shape index (κ3) is 7.48. The first kappa shape index (κ1) is 26.8. The minimum atomic E-state index is 0. The number of halogens is 1. The van der Waals surface area contributed by atoms with Crippen LogP contribution in [0.3, 0.4) is 0 Å². The van der Waals surface area contributed by atoms with E-state index in [0.29, 0.717) is 5.92 Å². The van der Waals surface area contributed by atoms with E-state index in [-0.39, 0.29) is 36.0 Å². The number of hydrogen-bond acceptors (Lipinski definition) is 4. The van der Waals surface area contributed by atoms with Crippen molar-refractivity contribution in [1.82, 2.24) is 10.6 Å². The van der Waals surface area contributed by atoms with Gasteiger partial charge in [0.25, 0.3) is 0 Å². The maximum atomic E-state index is 9.44. The van der Waals surface area contributed by atoms with E-state index in [1.54, 1.807) is 7.11 Å². The Bertz CT molecular complexity index is 637. The quantitative estimate of drug-likeness (QED) is 0.229. The molecule has 1 aromatic rings. The summed E-state index contributed by atoms with van der Waals surface area (Å²) in [5, 5.41) is 16.4. The Labute approximate surface area is 199 Å². The van der Waals surface area contributed by atoms with Gasteiger partial charge < -0.3 is 25.4 Å². The van der Waals surface area contributed by atoms with Gasteiger partial charge in [0, 0.05) is 39.3 Å². The molecule has 0 spiro atoms. The van der Waals surface area contributed by atoms with Gasteiger partial charge in [-0.2, -0.15) is 0 Å². The maximum Gasteiger partial charge on any atom is 0.191 e. The summed E-state index contributed by atoms with van der Waals surface area (Å²) in [6, 6.07) is 8.24. The van der Waals surface area contributed by atoms with Crippen molar-refractivity contribution in [3.05, 3.63) is 24.3 Å². The smallest absolute Gasteiger partial charge is 0.191 e. The van der Waals surface area contributed by atoms with Crippen molar-refractivity contribution in [3.8, 4) is 5.75 Å². The predicted octanol–water partition coefficient (Wildman–Crippen LogP) is 3.88. The van der Waals surface area contributed by atoms with Gasteiger partial charge in [0.1, 0.15) is 5.75 Å². The van der Waals surface area contributed by atoms with Crippen LogP contribution in [-0.2, 0) is 0 Å². The molecular formula is C23H41IN4O2. The van der Waals surface area contributed by atoms with E-state index in [2.05, 4.69) is 48.4 Å². The summed E-state index contributed by atoms with van der Waals surface area (Å²) in [6.45, 7) is 11.3. The number of nitrogens with one attached hydrogen (secondary N) is 2. The Kier molecular flexibility index (Phi) is 12.5. The zero-order valence-corrected chi connectivity index (χ0v) is 21.4. The molecule has 1 aromatic carbocycles. The number of ether oxygens (including phenoxy) is 1. The van der Waals surface area contributed by atoms with E-state index in [9.17, 15) is 5.11 Å². The first-order valence-corrected chi connectivity index (χ1v) is 11.1. The fraction of sp³-hybridized carbons (Fsp3) is 0.696. The number of aliphatic hydroxyl groups is 1. The van der Waals surface area contributed by atoms with Crippen molar-refractivity contribution >= 4 is 35.6 Å². The van der Waals surface area contributed by atoms with E-state index in [4.69, 9.17) is 9.73 Å². The number of anilines is 1. The molecule has 0 saturated carbocycles. The fourth-order valence-electron chi connectivity index (χ4n) is 4.08. The van der Waals surface area contributed by atoms with Crippen LogP contribution in [0.25, 0.3) is 0 Å². The average molecular weight is 533 g/mol. The first-order chi connectivity index (χ1) is 14.1. The van der Waals surface area contributed by atoms with Crippen molar-refractivity contribution in [2.45, 2.75) is 46.5 Å². The number of guanidine groups is 1. The van der Waals surface area contributed by atoms with Crippen molar-refractivity contribution < 1.29 is 9.84 Å². The lowest BCUT2D eigenvalue weighted by molar-refractivity contribution is 0.175. The van der Waals surface area contributed by atoms with Gasteiger partial charge in [-0.25, -0.2) is 0 Å². The van der Waals surface area contributed by atoms with Gasteiger partial charge in [-0.3, -0.25) is 4.99 Å². The molecule has 1 aliphatic rings. The minimum absolute atomic E-state index is 0. The van der Waals surface area contributed by atoms with Crippen LogP contribution in [0, 0.1) is 11.3 Å². The summed E-state index contributed by atoms with van der Waals surface area (Å²) in [5.41, 5.74) is 1.27. The molecular weight excluding hydrogens is 491 g/mol. The third-order valence-electron chi connectivity index (χ3n) is 6.33. The van der Waals surface area contributed by atoms with Gasteiger partial charge in [-0.05, 0) is 56.1 Å². The molecule has 2 rings (SSSR count). The summed E-state index contributed by atoms with van der Waals surface area (Å²) < 4.78 is 5.52. The van der Waals surface area contributed by atoms with Gasteiger partial charge in [0.05, 0.1) is 12.8 Å². The Morgan fingerprint density at radius 1 is 1.23 bits per heavy atom. The Hall–Kier alpha value is -1.22. The van der Waals surface area contributed by atoms with Crippen LogP contribution in [0.5, 0.6) is 5.75 Å². The Morgan fingerprint density at radius 3 is 2.60 bits per heavy atom. The summed E-state index contributed by atoms with van der Waals surface area (Å²) in [6.07, 6.45) is 4.02. The minimum Gasteiger partial charge on any atom is -0.495 e. The molecule has 1 atom stereocenters. The molecule has 0 radical (unpaired) electrons. The molecule has 1 saturated heterocycles. The third-order valence-corrected chi connectivity index (χ3v) is 6.33. The van der Waals surface area contributed by atoms with Crippen molar-refractivity contribution in [2.24, 2.45) is 16.3 Å². The lowest BCUT2D eigenvalue weighted by Crippen LogP contribution is -2.41. The second-order valence-electron chi connectivity index (χ2n) is 8.03. The monoisotopic (exact) mass is 532 g/mol. The number of para-hydroxylation sites is 2. The van der Waals surface area contributed by atoms with E-state index in [1.807, 2.05) is 12.1 Å². The summed E-state index contributed by atoms with van der Waals surface area (Å²) in [5.74, 6) is 2.39. The molecule has 7 heteroatoms. The van der Waals surface area contributed by atoms with E-state index < -0.39 is 0 Å². The van der Waals surface area contributed by atoms with Gasteiger partial charge in [0.2, 0.25) is 0 Å². The van der Waals surface area contributed by atoms with Crippen LogP contribution < -0.4 is 20.3 Å². The number of methoxy groups -OCH3 is 1. The molecule has 6 nitrogen and oxygen atoms in total. The number of nitrogens with zero attached hydrogens (tertiary/aromatic N) is 2. The lowest BCUT2D eigenvalue weighted by Gasteiger charge is -2.29. The van der Waals surface area contributed by atoms with E-state index >= 15 is 0 Å². The first-order valence-electron chi connectivity index (χ1n) is 11.1. The second-order valence-corrected chi connectivity index (χ2v) is 8.03. The predicted molar refractivity (Wildman–Crippen MR) is 137 cm³/mol. The van der Waals surface area contributed by atoms with Crippen molar-refractivity contribution in [2.75, 3.05) is 51.3 Å². The Morgan fingerprint density at radius 2 is 1.97 bits per heavy atom. The van der Waals surface area contributed by atoms with Gasteiger partial charge in [0.15, 0.2) is 5.96 Å². The molecule has 0 aliphatic carbocycles. The summed E-state index contributed by atoms with van der Waals surface area (Å²) in [7, 11) is 1.73. The van der Waals surface area contributed by atoms with E-state index in [0.717, 1.165) is 70.1 Å². The number of rotatable bonds is 11. The normalized spacial score (nSPS) is 16.9. The molecule has 172 valence electrons. The highest BCUT2D eigenvalue weighted by atomic mass is 127. The van der Waals surface area contributed by atoms with E-state index in [1.165, 1.54) is 5.69 Å². The van der Waals surface area contributed by atoms with Gasteiger partial charge in [-0.1, -0.05) is 26.0 Å². The second kappa shape index (κ2) is 14.0. The molecule has 1 aliphatic heterocycles. The summed E-state index contributed by atoms with van der Waals surface area (Å²) >= 11 is 0. The van der Waals surface area contributed by atoms with Crippen LogP contribution in [0.4, 0.5) is 5.69 Å². The molecule has 0 amide bonds. The van der Waals surface area contributed by atoms with Crippen molar-refractivity contribution in [3.63, 3.8) is 0 Å². The topological polar surface area (TPSA) is 69.1 Å². The summed E-state index contributed by atoms with van der Waals surface area (Å²) in [4.78, 5) is 7.27. The zero-order chi connectivity index (χ0) is 21.1. The molecule has 1 fully saturated rings. The number of benzene rings is 1. The van der Waals surface area contributed by atoms with Crippen LogP contribution in [0.1, 0.15) is 46.5 Å². The molecule has 1 heterocycles. The highest BCUT2D eigenvalue weighted by Gasteiger charge is 2.26. The molecule has 0 bridgehead atoms. The molecule has 1 unspecified atom stereocenters. The van der Waals surface area contributed by atoms with Crippen LogP contribution in [0.15, 0.2) is 29.3 Å². The van der Waals surface area contributed by atoms with Crippen molar-refractivity contribution in [1.29, 1.82) is 0 Å². The molecule has 30 heavy (non-hydrogen) atoms. The van der Waals surface area contributed by atoms with Crippen LogP contribution in [-0.4, -0.2) is 57.5 Å². The highest BCUT2D eigenvalue weighted by Crippen LogP contribution is 2.32. The molecule has 0 aromatic heterocycles. The number of aliphatic imine (C=N–C) groups is 1. The van der Waals surface area contributed by atoms with Gasteiger partial charge in [-0.15, -0.1) is 24.0 Å². The largest absolute Gasteiger partial charge is 0.495 e. The zero-order valence-electron chi connectivity index (χ0n) is 19.1. The SMILES string of the molecule is CCNC(=NCC(CC)(CC)CCO)NCC1CCN(c2ccccc2OC)C1.I.